The number of carbonyl (C=O) groups is 2. The van der Waals surface area contributed by atoms with Crippen LogP contribution < -0.4 is 10.1 Å². The van der Waals surface area contributed by atoms with Gasteiger partial charge in [0.25, 0.3) is 5.91 Å². The number of hydrogen-bond donors (Lipinski definition) is 2. The molecule has 5 heteroatoms. The van der Waals surface area contributed by atoms with E-state index in [0.29, 0.717) is 5.75 Å². The number of ether oxygens (including phenoxy) is 1. The van der Waals surface area contributed by atoms with Gasteiger partial charge < -0.3 is 15.2 Å². The van der Waals surface area contributed by atoms with Crippen LogP contribution >= 0.6 is 0 Å². The summed E-state index contributed by atoms with van der Waals surface area (Å²) in [6.07, 6.45) is 0.172. The molecule has 0 aliphatic carbocycles. The van der Waals surface area contributed by atoms with E-state index in [1.165, 1.54) is 12.1 Å². The van der Waals surface area contributed by atoms with E-state index in [4.69, 9.17) is 9.84 Å². The monoisotopic (exact) mass is 265 g/mol. The molecule has 104 valence electrons. The van der Waals surface area contributed by atoms with Crippen LogP contribution in [0.15, 0.2) is 24.3 Å². The molecule has 2 atom stereocenters. The molecule has 0 saturated heterocycles. The molecule has 2 unspecified atom stereocenters. The second kappa shape index (κ2) is 6.78. The third-order valence-electron chi connectivity index (χ3n) is 2.76. The summed E-state index contributed by atoms with van der Waals surface area (Å²) in [5.74, 6) is -0.871. The summed E-state index contributed by atoms with van der Waals surface area (Å²) in [4.78, 5) is 22.6. The van der Waals surface area contributed by atoms with Crippen LogP contribution in [0.4, 0.5) is 0 Å². The molecule has 0 aliphatic heterocycles. The average Bonchev–Trinajstić information content (AvgIpc) is 2.38. The summed E-state index contributed by atoms with van der Waals surface area (Å²) < 4.78 is 5.44. The third-order valence-corrected chi connectivity index (χ3v) is 2.76. The number of amides is 1. The second-order valence-electron chi connectivity index (χ2n) is 4.41. The summed E-state index contributed by atoms with van der Waals surface area (Å²) in [5.41, 5.74) is 0.132. The number of carboxylic acid groups (broad SMARTS) is 1. The van der Waals surface area contributed by atoms with E-state index in [-0.39, 0.29) is 17.5 Å². The van der Waals surface area contributed by atoms with E-state index >= 15 is 0 Å². The first kappa shape index (κ1) is 15.0. The predicted molar refractivity (Wildman–Crippen MR) is 71.4 cm³/mol. The Kier molecular flexibility index (Phi) is 5.36. The maximum atomic E-state index is 11.8. The summed E-state index contributed by atoms with van der Waals surface area (Å²) in [7, 11) is 0. The fourth-order valence-electron chi connectivity index (χ4n) is 1.42. The molecule has 0 heterocycles. The molecular formula is C14H19NO4. The maximum absolute atomic E-state index is 11.8. The topological polar surface area (TPSA) is 75.6 Å². The number of rotatable bonds is 6. The van der Waals surface area contributed by atoms with Gasteiger partial charge in [-0.05, 0) is 38.5 Å². The van der Waals surface area contributed by atoms with Crippen molar-refractivity contribution in [3.8, 4) is 5.75 Å². The Balaban J connectivity index is 2.66. The van der Waals surface area contributed by atoms with Crippen molar-refractivity contribution in [1.29, 1.82) is 0 Å². The van der Waals surface area contributed by atoms with Gasteiger partial charge in [-0.2, -0.15) is 0 Å². The van der Waals surface area contributed by atoms with Crippen LogP contribution in [0.2, 0.25) is 0 Å². The van der Waals surface area contributed by atoms with Gasteiger partial charge in [-0.1, -0.05) is 13.0 Å². The minimum Gasteiger partial charge on any atom is -0.481 e. The van der Waals surface area contributed by atoms with E-state index in [1.807, 2.05) is 13.8 Å². The van der Waals surface area contributed by atoms with Gasteiger partial charge >= 0.3 is 5.97 Å². The van der Waals surface area contributed by atoms with E-state index < -0.39 is 12.1 Å². The number of hydrogen-bond acceptors (Lipinski definition) is 3. The molecule has 0 saturated carbocycles. The molecule has 1 aromatic rings. The normalized spacial score (nSPS) is 13.4. The van der Waals surface area contributed by atoms with Gasteiger partial charge in [-0.3, -0.25) is 4.79 Å². The van der Waals surface area contributed by atoms with Crippen LogP contribution in [0.25, 0.3) is 0 Å². The Labute approximate surface area is 112 Å². The lowest BCUT2D eigenvalue weighted by Crippen LogP contribution is -2.40. The first-order valence-corrected chi connectivity index (χ1v) is 6.24. The zero-order chi connectivity index (χ0) is 14.4. The van der Waals surface area contributed by atoms with Gasteiger partial charge in [0.05, 0.1) is 5.56 Å². The summed E-state index contributed by atoms with van der Waals surface area (Å²) in [5, 5.41) is 11.7. The van der Waals surface area contributed by atoms with E-state index in [9.17, 15) is 9.59 Å². The molecule has 0 aromatic heterocycles. The first-order chi connectivity index (χ1) is 8.93. The molecule has 5 nitrogen and oxygen atoms in total. The lowest BCUT2D eigenvalue weighted by atomic mass is 10.2. The second-order valence-corrected chi connectivity index (χ2v) is 4.41. The number of benzene rings is 1. The third kappa shape index (κ3) is 4.62. The molecular weight excluding hydrogens is 246 g/mol. The van der Waals surface area contributed by atoms with E-state index in [2.05, 4.69) is 5.32 Å². The fourth-order valence-corrected chi connectivity index (χ4v) is 1.42. The van der Waals surface area contributed by atoms with Crippen molar-refractivity contribution in [1.82, 2.24) is 5.32 Å². The maximum Gasteiger partial charge on any atom is 0.335 e. The molecule has 0 fully saturated rings. The summed E-state index contributed by atoms with van der Waals surface area (Å²) >= 11 is 0. The minimum absolute atomic E-state index is 0.0869. The zero-order valence-corrected chi connectivity index (χ0v) is 11.3. The van der Waals surface area contributed by atoms with Crippen molar-refractivity contribution in [3.05, 3.63) is 29.8 Å². The quantitative estimate of drug-likeness (QED) is 0.825. The number of aromatic carboxylic acids is 1. The average molecular weight is 265 g/mol. The molecule has 0 spiro atoms. The lowest BCUT2D eigenvalue weighted by molar-refractivity contribution is -0.127. The Morgan fingerprint density at radius 3 is 2.63 bits per heavy atom. The van der Waals surface area contributed by atoms with Crippen molar-refractivity contribution in [3.63, 3.8) is 0 Å². The van der Waals surface area contributed by atoms with Gasteiger partial charge in [0, 0.05) is 6.04 Å². The molecule has 0 bridgehead atoms. The minimum atomic E-state index is -1.03. The Morgan fingerprint density at radius 2 is 2.05 bits per heavy atom. The zero-order valence-electron chi connectivity index (χ0n) is 11.3. The fraction of sp³-hybridized carbons (Fsp3) is 0.429. The highest BCUT2D eigenvalue weighted by Gasteiger charge is 2.16. The Bertz CT molecular complexity index is 459. The summed E-state index contributed by atoms with van der Waals surface area (Å²) in [6.45, 7) is 5.52. The smallest absolute Gasteiger partial charge is 0.335 e. The van der Waals surface area contributed by atoms with Gasteiger partial charge in [-0.15, -0.1) is 0 Å². The number of nitrogens with one attached hydrogen (secondary N) is 1. The first-order valence-electron chi connectivity index (χ1n) is 6.24. The van der Waals surface area contributed by atoms with Crippen LogP contribution in [0.1, 0.15) is 37.6 Å². The van der Waals surface area contributed by atoms with Gasteiger partial charge in [-0.25, -0.2) is 4.79 Å². The van der Waals surface area contributed by atoms with Crippen LogP contribution in [-0.4, -0.2) is 29.1 Å². The number of carboxylic acids is 1. The van der Waals surface area contributed by atoms with Crippen molar-refractivity contribution in [2.45, 2.75) is 39.3 Å². The van der Waals surface area contributed by atoms with Crippen LogP contribution in [0.5, 0.6) is 5.75 Å². The SMILES string of the molecule is CCC(C)NC(=O)C(C)Oc1cccc(C(=O)O)c1. The highest BCUT2D eigenvalue weighted by atomic mass is 16.5. The van der Waals surface area contributed by atoms with Gasteiger partial charge in [0.15, 0.2) is 6.10 Å². The number of carbonyl (C=O) groups excluding carboxylic acids is 1. The van der Waals surface area contributed by atoms with Crippen LogP contribution in [0, 0.1) is 0 Å². The van der Waals surface area contributed by atoms with E-state index in [0.717, 1.165) is 6.42 Å². The van der Waals surface area contributed by atoms with Crippen molar-refractivity contribution < 1.29 is 19.4 Å². The molecule has 1 aromatic carbocycles. The molecule has 1 rings (SSSR count). The molecule has 19 heavy (non-hydrogen) atoms. The van der Waals surface area contributed by atoms with Gasteiger partial charge in [0.2, 0.25) is 0 Å². The lowest BCUT2D eigenvalue weighted by Gasteiger charge is -2.17. The highest BCUT2D eigenvalue weighted by molar-refractivity contribution is 5.88. The van der Waals surface area contributed by atoms with Crippen LogP contribution in [0.3, 0.4) is 0 Å². The standard InChI is InChI=1S/C14H19NO4/c1-4-9(2)15-13(16)10(3)19-12-7-5-6-11(8-12)14(17)18/h5-10H,4H2,1-3H3,(H,15,16)(H,17,18). The van der Waals surface area contributed by atoms with Crippen LogP contribution in [-0.2, 0) is 4.79 Å². The highest BCUT2D eigenvalue weighted by Crippen LogP contribution is 2.15. The molecule has 1 amide bonds. The van der Waals surface area contributed by atoms with Gasteiger partial charge in [0.1, 0.15) is 5.75 Å². The van der Waals surface area contributed by atoms with Crippen molar-refractivity contribution in [2.24, 2.45) is 0 Å². The summed E-state index contributed by atoms with van der Waals surface area (Å²) in [6, 6.07) is 6.16. The van der Waals surface area contributed by atoms with Crippen molar-refractivity contribution >= 4 is 11.9 Å². The Morgan fingerprint density at radius 1 is 1.37 bits per heavy atom. The predicted octanol–water partition coefficient (Wildman–Crippen LogP) is 2.07. The molecule has 2 N–H and O–H groups in total. The van der Waals surface area contributed by atoms with Crippen molar-refractivity contribution in [2.75, 3.05) is 0 Å². The largest absolute Gasteiger partial charge is 0.481 e. The van der Waals surface area contributed by atoms with E-state index in [1.54, 1.807) is 19.1 Å². The Hall–Kier alpha value is -2.04. The molecule has 0 aliphatic rings. The molecule has 0 radical (unpaired) electrons.